The van der Waals surface area contributed by atoms with E-state index in [1.807, 2.05) is 35.3 Å². The zero-order chi connectivity index (χ0) is 14.9. The quantitative estimate of drug-likeness (QED) is 0.864. The molecule has 0 saturated carbocycles. The molecule has 1 aromatic rings. The molecule has 2 fully saturated rings. The van der Waals surface area contributed by atoms with Crippen LogP contribution in [0.3, 0.4) is 0 Å². The third-order valence-electron chi connectivity index (χ3n) is 4.47. The number of carboxylic acid groups (broad SMARTS) is 1. The van der Waals surface area contributed by atoms with Crippen LogP contribution in [0.1, 0.15) is 24.8 Å². The minimum absolute atomic E-state index is 0.0229. The molecule has 2 amide bonds. The maximum absolute atomic E-state index is 11.8. The minimum Gasteiger partial charge on any atom is -0.465 e. The average Bonchev–Trinajstić information content (AvgIpc) is 2.76. The van der Waals surface area contributed by atoms with Crippen molar-refractivity contribution in [1.29, 1.82) is 0 Å². The number of hydrogen-bond donors (Lipinski definition) is 2. The molecule has 112 valence electrons. The lowest BCUT2D eigenvalue weighted by molar-refractivity contribution is -0.121. The van der Waals surface area contributed by atoms with E-state index < -0.39 is 6.09 Å². The summed E-state index contributed by atoms with van der Waals surface area (Å²) in [6.45, 7) is 1.62. The maximum atomic E-state index is 11.8. The summed E-state index contributed by atoms with van der Waals surface area (Å²) in [4.78, 5) is 24.3. The van der Waals surface area contributed by atoms with Gasteiger partial charge in [0.15, 0.2) is 0 Å². The Morgan fingerprint density at radius 2 is 1.90 bits per heavy atom. The van der Waals surface area contributed by atoms with Crippen LogP contribution in [-0.4, -0.2) is 45.6 Å². The Bertz CT molecular complexity index is 538. The normalized spacial score (nSPS) is 21.5. The number of hydrogen-bond acceptors (Lipinski definition) is 3. The monoisotopic (exact) mass is 289 g/mol. The highest BCUT2D eigenvalue weighted by Gasteiger charge is 2.47. The first kappa shape index (κ1) is 13.9. The Balaban J connectivity index is 1.74. The summed E-state index contributed by atoms with van der Waals surface area (Å²) in [7, 11) is 0. The summed E-state index contributed by atoms with van der Waals surface area (Å²) in [5.41, 5.74) is 3.82. The number of benzene rings is 1. The molecule has 0 aliphatic carbocycles. The molecule has 2 aliphatic rings. The lowest BCUT2D eigenvalue weighted by Crippen LogP contribution is -2.54. The second-order valence-corrected chi connectivity index (χ2v) is 5.78. The topological polar surface area (TPSA) is 72.9 Å². The van der Waals surface area contributed by atoms with Crippen LogP contribution in [-0.2, 0) is 11.3 Å². The van der Waals surface area contributed by atoms with Crippen molar-refractivity contribution in [2.75, 3.05) is 13.1 Å². The summed E-state index contributed by atoms with van der Waals surface area (Å²) < 4.78 is 0. The predicted octanol–water partition coefficient (Wildman–Crippen LogP) is 1.44. The first-order valence-corrected chi connectivity index (χ1v) is 7.18. The SMILES string of the molecule is O=C1CC2(CCN(C(=O)O)CC2)N(Cc2ccccc2)N1. The van der Waals surface area contributed by atoms with Gasteiger partial charge in [0.05, 0.1) is 5.54 Å². The van der Waals surface area contributed by atoms with Gasteiger partial charge in [-0.05, 0) is 18.4 Å². The summed E-state index contributed by atoms with van der Waals surface area (Å²) in [5, 5.41) is 11.1. The largest absolute Gasteiger partial charge is 0.465 e. The number of amides is 2. The molecule has 0 bridgehead atoms. The van der Waals surface area contributed by atoms with Crippen LogP contribution in [0.5, 0.6) is 0 Å². The van der Waals surface area contributed by atoms with E-state index in [9.17, 15) is 9.59 Å². The van der Waals surface area contributed by atoms with Gasteiger partial charge in [-0.25, -0.2) is 9.80 Å². The number of nitrogens with one attached hydrogen (secondary N) is 1. The summed E-state index contributed by atoms with van der Waals surface area (Å²) in [6.07, 6.45) is 0.944. The number of carbonyl (C=O) groups excluding carboxylic acids is 1. The molecular formula is C15H19N3O3. The molecule has 6 heteroatoms. The highest BCUT2D eigenvalue weighted by Crippen LogP contribution is 2.35. The summed E-state index contributed by atoms with van der Waals surface area (Å²) in [6, 6.07) is 9.99. The first-order chi connectivity index (χ1) is 10.1. The van der Waals surface area contributed by atoms with Crippen LogP contribution < -0.4 is 5.43 Å². The zero-order valence-corrected chi connectivity index (χ0v) is 11.8. The van der Waals surface area contributed by atoms with Gasteiger partial charge in [-0.15, -0.1) is 0 Å². The molecule has 0 unspecified atom stereocenters. The number of likely N-dealkylation sites (tertiary alicyclic amines) is 1. The van der Waals surface area contributed by atoms with Gasteiger partial charge >= 0.3 is 6.09 Å². The average molecular weight is 289 g/mol. The van der Waals surface area contributed by atoms with Crippen molar-refractivity contribution >= 4 is 12.0 Å². The van der Waals surface area contributed by atoms with Gasteiger partial charge in [-0.3, -0.25) is 10.2 Å². The maximum Gasteiger partial charge on any atom is 0.407 e. The van der Waals surface area contributed by atoms with Crippen LogP contribution in [0.2, 0.25) is 0 Å². The van der Waals surface area contributed by atoms with Crippen LogP contribution in [0.4, 0.5) is 4.79 Å². The number of piperidine rings is 1. The van der Waals surface area contributed by atoms with Crippen LogP contribution in [0, 0.1) is 0 Å². The number of hydrazine groups is 1. The standard InChI is InChI=1S/C15H19N3O3/c19-13-10-15(6-8-17(9-7-15)14(20)21)18(16-13)11-12-4-2-1-3-5-12/h1-5H,6-11H2,(H,16,19)(H,20,21). The van der Waals surface area contributed by atoms with Gasteiger partial charge < -0.3 is 10.0 Å². The van der Waals surface area contributed by atoms with Gasteiger partial charge in [0, 0.05) is 26.1 Å². The number of rotatable bonds is 2. The second-order valence-electron chi connectivity index (χ2n) is 5.78. The second kappa shape index (κ2) is 5.37. The predicted molar refractivity (Wildman–Crippen MR) is 76.3 cm³/mol. The van der Waals surface area contributed by atoms with E-state index in [1.54, 1.807) is 0 Å². The fraction of sp³-hybridized carbons (Fsp3) is 0.467. The fourth-order valence-corrected chi connectivity index (χ4v) is 3.24. The molecule has 0 aromatic heterocycles. The Labute approximate surface area is 123 Å². The Morgan fingerprint density at radius 3 is 2.52 bits per heavy atom. The van der Waals surface area contributed by atoms with Gasteiger partial charge in [0.25, 0.3) is 0 Å². The molecule has 0 atom stereocenters. The molecule has 3 rings (SSSR count). The molecular weight excluding hydrogens is 270 g/mol. The van der Waals surface area contributed by atoms with E-state index in [0.717, 1.165) is 5.56 Å². The molecule has 2 saturated heterocycles. The third-order valence-corrected chi connectivity index (χ3v) is 4.47. The van der Waals surface area contributed by atoms with Crippen LogP contribution >= 0.6 is 0 Å². The molecule has 2 N–H and O–H groups in total. The number of nitrogens with zero attached hydrogens (tertiary/aromatic N) is 2. The van der Waals surface area contributed by atoms with Crippen molar-refractivity contribution in [3.8, 4) is 0 Å². The Hall–Kier alpha value is -2.08. The number of carbonyl (C=O) groups is 2. The Kier molecular flexibility index (Phi) is 3.55. The van der Waals surface area contributed by atoms with Gasteiger partial charge in [0.1, 0.15) is 0 Å². The van der Waals surface area contributed by atoms with E-state index in [2.05, 4.69) is 5.43 Å². The van der Waals surface area contributed by atoms with E-state index in [1.165, 1.54) is 4.90 Å². The molecule has 1 aromatic carbocycles. The van der Waals surface area contributed by atoms with Gasteiger partial charge in [-0.2, -0.15) is 0 Å². The third kappa shape index (κ3) is 2.71. The molecule has 21 heavy (non-hydrogen) atoms. The highest BCUT2D eigenvalue weighted by molar-refractivity contribution is 5.79. The first-order valence-electron chi connectivity index (χ1n) is 7.18. The smallest absolute Gasteiger partial charge is 0.407 e. The van der Waals surface area contributed by atoms with E-state index in [-0.39, 0.29) is 11.4 Å². The summed E-state index contributed by atoms with van der Waals surface area (Å²) >= 11 is 0. The molecule has 1 spiro atoms. The van der Waals surface area contributed by atoms with Crippen molar-refractivity contribution in [3.63, 3.8) is 0 Å². The minimum atomic E-state index is -0.878. The Morgan fingerprint density at radius 1 is 1.24 bits per heavy atom. The van der Waals surface area contributed by atoms with Crippen molar-refractivity contribution in [2.45, 2.75) is 31.3 Å². The highest BCUT2D eigenvalue weighted by atomic mass is 16.4. The summed E-state index contributed by atoms with van der Waals surface area (Å²) in [5.74, 6) is 0.0229. The lowest BCUT2D eigenvalue weighted by atomic mass is 9.84. The van der Waals surface area contributed by atoms with E-state index in [0.29, 0.717) is 38.9 Å². The zero-order valence-electron chi connectivity index (χ0n) is 11.8. The molecule has 6 nitrogen and oxygen atoms in total. The van der Waals surface area contributed by atoms with Gasteiger partial charge in [0.2, 0.25) is 5.91 Å². The van der Waals surface area contributed by atoms with Crippen molar-refractivity contribution in [1.82, 2.24) is 15.3 Å². The van der Waals surface area contributed by atoms with Crippen molar-refractivity contribution in [3.05, 3.63) is 35.9 Å². The van der Waals surface area contributed by atoms with Crippen molar-refractivity contribution < 1.29 is 14.7 Å². The molecule has 2 aliphatic heterocycles. The van der Waals surface area contributed by atoms with Gasteiger partial charge in [-0.1, -0.05) is 30.3 Å². The van der Waals surface area contributed by atoms with Crippen LogP contribution in [0.25, 0.3) is 0 Å². The van der Waals surface area contributed by atoms with Crippen molar-refractivity contribution in [2.24, 2.45) is 0 Å². The fourth-order valence-electron chi connectivity index (χ4n) is 3.24. The lowest BCUT2D eigenvalue weighted by Gasteiger charge is -2.42. The van der Waals surface area contributed by atoms with Crippen LogP contribution in [0.15, 0.2) is 30.3 Å². The van der Waals surface area contributed by atoms with E-state index in [4.69, 9.17) is 5.11 Å². The molecule has 2 heterocycles. The molecule has 0 radical (unpaired) electrons. The van der Waals surface area contributed by atoms with E-state index >= 15 is 0 Å².